The Morgan fingerprint density at radius 1 is 1.05 bits per heavy atom. The van der Waals surface area contributed by atoms with Crippen molar-refractivity contribution in [3.05, 3.63) is 66.8 Å². The van der Waals surface area contributed by atoms with E-state index in [0.29, 0.717) is 6.42 Å². The van der Waals surface area contributed by atoms with Gasteiger partial charge in [0.15, 0.2) is 0 Å². The number of halogens is 4. The van der Waals surface area contributed by atoms with Crippen LogP contribution < -0.4 is 11.3 Å². The third-order valence-electron chi connectivity index (χ3n) is 2.97. The van der Waals surface area contributed by atoms with Gasteiger partial charge in [0.25, 0.3) is 0 Å². The first kappa shape index (κ1) is 16.1. The van der Waals surface area contributed by atoms with Gasteiger partial charge in [0.1, 0.15) is 5.82 Å². The van der Waals surface area contributed by atoms with Crippen LogP contribution in [0.25, 0.3) is 0 Å². The van der Waals surface area contributed by atoms with E-state index in [0.717, 1.165) is 24.5 Å². The second-order valence-corrected chi connectivity index (χ2v) is 6.95. The summed E-state index contributed by atoms with van der Waals surface area (Å²) >= 11 is 10.4. The van der Waals surface area contributed by atoms with E-state index < -0.39 is 0 Å². The molecule has 0 bridgehead atoms. The lowest BCUT2D eigenvalue weighted by Gasteiger charge is -2.19. The first-order valence-electron chi connectivity index (χ1n) is 5.86. The second kappa shape index (κ2) is 7.13. The van der Waals surface area contributed by atoms with Gasteiger partial charge in [-0.2, -0.15) is 0 Å². The Hall–Kier alpha value is -0.270. The molecule has 0 heterocycles. The van der Waals surface area contributed by atoms with E-state index in [1.54, 1.807) is 6.07 Å². The van der Waals surface area contributed by atoms with Crippen molar-refractivity contribution in [1.29, 1.82) is 0 Å². The van der Waals surface area contributed by atoms with Gasteiger partial charge in [-0.3, -0.25) is 11.3 Å². The van der Waals surface area contributed by atoms with Crippen LogP contribution in [-0.4, -0.2) is 0 Å². The molecule has 0 aliphatic rings. The number of benzene rings is 2. The van der Waals surface area contributed by atoms with Gasteiger partial charge < -0.3 is 0 Å². The lowest BCUT2D eigenvalue weighted by molar-refractivity contribution is 0.547. The summed E-state index contributed by atoms with van der Waals surface area (Å²) < 4.78 is 15.8. The van der Waals surface area contributed by atoms with Crippen LogP contribution in [0, 0.1) is 5.82 Å². The molecule has 2 rings (SSSR count). The van der Waals surface area contributed by atoms with E-state index >= 15 is 0 Å². The molecular weight excluding hydrogens is 455 g/mol. The molecule has 0 aliphatic carbocycles. The molecule has 20 heavy (non-hydrogen) atoms. The summed E-state index contributed by atoms with van der Waals surface area (Å²) in [5, 5.41) is 0. The third-order valence-corrected chi connectivity index (χ3v) is 4.93. The fraction of sp³-hybridized carbons (Fsp3) is 0.143. The van der Waals surface area contributed by atoms with Crippen LogP contribution in [0.3, 0.4) is 0 Å². The Balaban J connectivity index is 2.31. The molecule has 0 aliphatic heterocycles. The largest absolute Gasteiger partial charge is 0.271 e. The van der Waals surface area contributed by atoms with Gasteiger partial charge in [0.2, 0.25) is 0 Å². The Bertz CT molecular complexity index is 619. The minimum absolute atomic E-state index is 0.0800. The molecule has 2 nitrogen and oxygen atoms in total. The topological polar surface area (TPSA) is 38.0 Å². The molecule has 0 spiro atoms. The fourth-order valence-corrected chi connectivity index (χ4v) is 3.36. The van der Waals surface area contributed by atoms with E-state index in [4.69, 9.17) is 5.84 Å². The van der Waals surface area contributed by atoms with Gasteiger partial charge in [-0.25, -0.2) is 4.39 Å². The lowest BCUT2D eigenvalue weighted by atomic mass is 9.99. The fourth-order valence-electron chi connectivity index (χ4n) is 1.95. The molecule has 0 saturated heterocycles. The van der Waals surface area contributed by atoms with Crippen LogP contribution in [0.15, 0.2) is 49.8 Å². The molecule has 0 aromatic heterocycles. The molecule has 6 heteroatoms. The molecule has 2 aromatic carbocycles. The maximum absolute atomic E-state index is 13.1. The van der Waals surface area contributed by atoms with Gasteiger partial charge in [-0.05, 0) is 47.9 Å². The van der Waals surface area contributed by atoms with Crippen molar-refractivity contribution >= 4 is 47.8 Å². The van der Waals surface area contributed by atoms with Gasteiger partial charge in [0.05, 0.1) is 6.04 Å². The molecule has 3 N–H and O–H groups in total. The maximum atomic E-state index is 13.1. The van der Waals surface area contributed by atoms with Crippen LogP contribution in [0.4, 0.5) is 4.39 Å². The van der Waals surface area contributed by atoms with E-state index in [1.807, 2.05) is 18.2 Å². The van der Waals surface area contributed by atoms with Crippen LogP contribution in [0.5, 0.6) is 0 Å². The Labute approximate surface area is 142 Å². The van der Waals surface area contributed by atoms with Gasteiger partial charge in [0, 0.05) is 13.4 Å². The summed E-state index contributed by atoms with van der Waals surface area (Å²) in [6.45, 7) is 0. The molecule has 1 atom stereocenters. The highest BCUT2D eigenvalue weighted by Gasteiger charge is 2.16. The summed E-state index contributed by atoms with van der Waals surface area (Å²) in [7, 11) is 0. The SMILES string of the molecule is NNC(Cc1ccc(F)cc1Br)c1cc(Br)ccc1Br. The first-order chi connectivity index (χ1) is 9.51. The van der Waals surface area contributed by atoms with Crippen LogP contribution in [0.2, 0.25) is 0 Å². The van der Waals surface area contributed by atoms with Crippen molar-refractivity contribution in [2.24, 2.45) is 5.84 Å². The van der Waals surface area contributed by atoms with E-state index in [2.05, 4.69) is 53.2 Å². The second-order valence-electron chi connectivity index (χ2n) is 4.32. The predicted octanol–water partition coefficient (Wildman–Crippen LogP) is 4.86. The molecule has 0 saturated carbocycles. The maximum Gasteiger partial charge on any atom is 0.124 e. The number of hydrazine groups is 1. The van der Waals surface area contributed by atoms with Gasteiger partial charge in [-0.15, -0.1) is 0 Å². The normalized spacial score (nSPS) is 12.4. The molecular formula is C14H12Br3FN2. The average molecular weight is 467 g/mol. The van der Waals surface area contributed by atoms with Crippen molar-refractivity contribution in [3.63, 3.8) is 0 Å². The summed E-state index contributed by atoms with van der Waals surface area (Å²) in [5.41, 5.74) is 4.84. The zero-order chi connectivity index (χ0) is 14.7. The Kier molecular flexibility index (Phi) is 5.74. The average Bonchev–Trinajstić information content (AvgIpc) is 2.41. The highest BCUT2D eigenvalue weighted by molar-refractivity contribution is 9.11. The third kappa shape index (κ3) is 3.89. The quantitative estimate of drug-likeness (QED) is 0.499. The zero-order valence-electron chi connectivity index (χ0n) is 10.3. The highest BCUT2D eigenvalue weighted by atomic mass is 79.9. The smallest absolute Gasteiger partial charge is 0.124 e. The molecule has 2 aromatic rings. The molecule has 0 radical (unpaired) electrons. The summed E-state index contributed by atoms with van der Waals surface area (Å²) in [4.78, 5) is 0. The molecule has 0 fully saturated rings. The number of hydrogen-bond acceptors (Lipinski definition) is 2. The molecule has 0 amide bonds. The van der Waals surface area contributed by atoms with Crippen LogP contribution in [-0.2, 0) is 6.42 Å². The van der Waals surface area contributed by atoms with Crippen molar-refractivity contribution in [2.45, 2.75) is 12.5 Å². The summed E-state index contributed by atoms with van der Waals surface area (Å²) in [6.07, 6.45) is 0.645. The zero-order valence-corrected chi connectivity index (χ0v) is 15.1. The monoisotopic (exact) mass is 464 g/mol. The molecule has 1 unspecified atom stereocenters. The van der Waals surface area contributed by atoms with Gasteiger partial charge in [-0.1, -0.05) is 53.9 Å². The Morgan fingerprint density at radius 3 is 2.45 bits per heavy atom. The van der Waals surface area contributed by atoms with Crippen molar-refractivity contribution < 1.29 is 4.39 Å². The number of hydrogen-bond donors (Lipinski definition) is 2. The van der Waals surface area contributed by atoms with Crippen molar-refractivity contribution in [3.8, 4) is 0 Å². The molecule has 106 valence electrons. The van der Waals surface area contributed by atoms with Crippen molar-refractivity contribution in [1.82, 2.24) is 5.43 Å². The Morgan fingerprint density at radius 2 is 1.80 bits per heavy atom. The minimum Gasteiger partial charge on any atom is -0.271 e. The standard InChI is InChI=1S/C14H12Br3FN2/c15-9-2-4-12(16)11(6-9)14(20-19)5-8-1-3-10(18)7-13(8)17/h1-4,6-7,14,20H,5,19H2. The first-order valence-corrected chi connectivity index (χ1v) is 8.24. The van der Waals surface area contributed by atoms with Crippen LogP contribution in [0.1, 0.15) is 17.2 Å². The van der Waals surface area contributed by atoms with E-state index in [-0.39, 0.29) is 11.9 Å². The summed E-state index contributed by atoms with van der Waals surface area (Å²) in [5.74, 6) is 5.41. The van der Waals surface area contributed by atoms with Crippen molar-refractivity contribution in [2.75, 3.05) is 0 Å². The number of nitrogens with one attached hydrogen (secondary N) is 1. The minimum atomic E-state index is -0.262. The lowest BCUT2D eigenvalue weighted by Crippen LogP contribution is -2.30. The van der Waals surface area contributed by atoms with E-state index in [9.17, 15) is 4.39 Å². The highest BCUT2D eigenvalue weighted by Crippen LogP contribution is 2.30. The summed E-state index contributed by atoms with van der Waals surface area (Å²) in [6, 6.07) is 10.5. The van der Waals surface area contributed by atoms with E-state index in [1.165, 1.54) is 12.1 Å². The van der Waals surface area contributed by atoms with Gasteiger partial charge >= 0.3 is 0 Å². The van der Waals surface area contributed by atoms with Crippen LogP contribution >= 0.6 is 47.8 Å². The predicted molar refractivity (Wildman–Crippen MR) is 89.7 cm³/mol. The number of rotatable bonds is 4. The number of nitrogens with two attached hydrogens (primary N) is 1.